The van der Waals surface area contributed by atoms with Crippen molar-refractivity contribution in [3.8, 4) is 0 Å². The molecule has 5 heteroatoms. The van der Waals surface area contributed by atoms with Crippen LogP contribution < -0.4 is 0 Å². The summed E-state index contributed by atoms with van der Waals surface area (Å²) in [5.74, 6) is -0.342. The molecule has 5 nitrogen and oxygen atoms in total. The summed E-state index contributed by atoms with van der Waals surface area (Å²) in [6, 6.07) is 0. The molecule has 0 aliphatic rings. The summed E-state index contributed by atoms with van der Waals surface area (Å²) in [5, 5.41) is 9.69. The van der Waals surface area contributed by atoms with Gasteiger partial charge in [-0.3, -0.25) is 14.5 Å². The number of nitrogens with zero attached hydrogens (tertiary/aromatic N) is 1. The van der Waals surface area contributed by atoms with Crippen molar-refractivity contribution >= 4 is 11.8 Å². The van der Waals surface area contributed by atoms with E-state index in [2.05, 4.69) is 0 Å². The van der Waals surface area contributed by atoms with Crippen molar-refractivity contribution in [1.29, 1.82) is 0 Å². The minimum Gasteiger partial charge on any atom is -0.466 e. The predicted molar refractivity (Wildman–Crippen MR) is 69.3 cm³/mol. The fourth-order valence-corrected chi connectivity index (χ4v) is 1.63. The molecule has 0 atom stereocenters. The Bertz CT molecular complexity index is 271. The molecule has 0 saturated carbocycles. The molecule has 0 aliphatic carbocycles. The van der Waals surface area contributed by atoms with Crippen molar-refractivity contribution in [3.05, 3.63) is 0 Å². The van der Waals surface area contributed by atoms with Crippen LogP contribution in [-0.2, 0) is 14.3 Å². The molecule has 0 aliphatic heterocycles. The Labute approximate surface area is 109 Å². The van der Waals surface area contributed by atoms with Crippen LogP contribution in [0.2, 0.25) is 0 Å². The minimum atomic E-state index is -0.822. The number of hydrogen-bond acceptors (Lipinski definition) is 5. The zero-order valence-electron chi connectivity index (χ0n) is 11.9. The number of esters is 1. The standard InChI is InChI=1S/C13H25NO4/c1-5-14(10-13(3,4)17)9-11(15)7-8-12(16)18-6-2/h17H,5-10H2,1-4H3. The highest BCUT2D eigenvalue weighted by Gasteiger charge is 2.19. The van der Waals surface area contributed by atoms with E-state index in [1.807, 2.05) is 11.8 Å². The molecule has 1 N–H and O–H groups in total. The van der Waals surface area contributed by atoms with Crippen LogP contribution in [0.3, 0.4) is 0 Å². The first kappa shape index (κ1) is 17.1. The van der Waals surface area contributed by atoms with Gasteiger partial charge in [0.1, 0.15) is 5.78 Å². The van der Waals surface area contributed by atoms with Gasteiger partial charge in [0.15, 0.2) is 0 Å². The molecule has 0 aromatic rings. The summed E-state index contributed by atoms with van der Waals surface area (Å²) in [5.41, 5.74) is -0.822. The predicted octanol–water partition coefficient (Wildman–Crippen LogP) is 0.992. The van der Waals surface area contributed by atoms with Crippen LogP contribution in [0.1, 0.15) is 40.5 Å². The van der Waals surface area contributed by atoms with Crippen LogP contribution in [0.5, 0.6) is 0 Å². The maximum Gasteiger partial charge on any atom is 0.306 e. The third-order valence-corrected chi connectivity index (χ3v) is 2.37. The number of aliphatic hydroxyl groups is 1. The zero-order chi connectivity index (χ0) is 14.2. The number of carbonyl (C=O) groups excluding carboxylic acids is 2. The Morgan fingerprint density at radius 1 is 1.22 bits per heavy atom. The van der Waals surface area contributed by atoms with Gasteiger partial charge in [0.05, 0.1) is 25.2 Å². The Hall–Kier alpha value is -0.940. The lowest BCUT2D eigenvalue weighted by molar-refractivity contribution is -0.144. The van der Waals surface area contributed by atoms with Crippen LogP contribution in [0.4, 0.5) is 0 Å². The summed E-state index contributed by atoms with van der Waals surface area (Å²) in [4.78, 5) is 24.6. The van der Waals surface area contributed by atoms with E-state index < -0.39 is 5.60 Å². The van der Waals surface area contributed by atoms with Gasteiger partial charge in [-0.05, 0) is 27.3 Å². The van der Waals surface area contributed by atoms with Crippen LogP contribution in [0, 0.1) is 0 Å². The number of ketones is 1. The van der Waals surface area contributed by atoms with Crippen molar-refractivity contribution in [3.63, 3.8) is 0 Å². The Balaban J connectivity index is 4.01. The van der Waals surface area contributed by atoms with Crippen LogP contribution in [0.25, 0.3) is 0 Å². The highest BCUT2D eigenvalue weighted by molar-refractivity contribution is 5.84. The van der Waals surface area contributed by atoms with Gasteiger partial charge in [-0.15, -0.1) is 0 Å². The van der Waals surface area contributed by atoms with Crippen LogP contribution in [0.15, 0.2) is 0 Å². The first-order valence-electron chi connectivity index (χ1n) is 6.40. The van der Waals surface area contributed by atoms with E-state index >= 15 is 0 Å². The molecular formula is C13H25NO4. The molecule has 0 heterocycles. The van der Waals surface area contributed by atoms with E-state index in [4.69, 9.17) is 4.74 Å². The van der Waals surface area contributed by atoms with Gasteiger partial charge in [0.25, 0.3) is 0 Å². The first-order valence-corrected chi connectivity index (χ1v) is 6.40. The third kappa shape index (κ3) is 9.13. The topological polar surface area (TPSA) is 66.8 Å². The van der Waals surface area contributed by atoms with E-state index in [1.165, 1.54) is 0 Å². The van der Waals surface area contributed by atoms with Crippen molar-refractivity contribution in [2.75, 3.05) is 26.2 Å². The van der Waals surface area contributed by atoms with Crippen molar-refractivity contribution in [2.24, 2.45) is 0 Å². The molecule has 0 aromatic heterocycles. The third-order valence-electron chi connectivity index (χ3n) is 2.37. The molecule has 18 heavy (non-hydrogen) atoms. The van der Waals surface area contributed by atoms with E-state index in [0.717, 1.165) is 0 Å². The molecule has 0 amide bonds. The Morgan fingerprint density at radius 3 is 2.28 bits per heavy atom. The molecular weight excluding hydrogens is 234 g/mol. The van der Waals surface area contributed by atoms with Gasteiger partial charge >= 0.3 is 5.97 Å². The second-order valence-corrected chi connectivity index (χ2v) is 4.96. The largest absolute Gasteiger partial charge is 0.466 e. The molecule has 0 fully saturated rings. The van der Waals surface area contributed by atoms with Gasteiger partial charge in [0.2, 0.25) is 0 Å². The minimum absolute atomic E-state index is 0.00541. The molecule has 0 radical (unpaired) electrons. The quantitative estimate of drug-likeness (QED) is 0.625. The number of likely N-dealkylation sites (N-methyl/N-ethyl adjacent to an activating group) is 1. The van der Waals surface area contributed by atoms with Gasteiger partial charge in [-0.1, -0.05) is 6.92 Å². The van der Waals surface area contributed by atoms with E-state index in [9.17, 15) is 14.7 Å². The van der Waals surface area contributed by atoms with Crippen molar-refractivity contribution < 1.29 is 19.4 Å². The van der Waals surface area contributed by atoms with Crippen molar-refractivity contribution in [1.82, 2.24) is 4.90 Å². The van der Waals surface area contributed by atoms with Gasteiger partial charge in [-0.25, -0.2) is 0 Å². The fourth-order valence-electron chi connectivity index (χ4n) is 1.63. The number of carbonyl (C=O) groups is 2. The van der Waals surface area contributed by atoms with Crippen molar-refractivity contribution in [2.45, 2.75) is 46.1 Å². The number of Topliss-reactive ketones (excluding diaryl/α,β-unsaturated/α-hetero) is 1. The lowest BCUT2D eigenvalue weighted by Crippen LogP contribution is -2.41. The van der Waals surface area contributed by atoms with Gasteiger partial charge < -0.3 is 9.84 Å². The first-order chi connectivity index (χ1) is 8.28. The number of ether oxygens (including phenoxy) is 1. The second kappa shape index (κ2) is 8.21. The highest BCUT2D eigenvalue weighted by atomic mass is 16.5. The number of hydrogen-bond donors (Lipinski definition) is 1. The normalized spacial score (nSPS) is 11.7. The molecule has 0 unspecified atom stereocenters. The molecule has 0 saturated heterocycles. The maximum atomic E-state index is 11.7. The highest BCUT2D eigenvalue weighted by Crippen LogP contribution is 2.05. The molecule has 106 valence electrons. The van der Waals surface area contributed by atoms with E-state index in [1.54, 1.807) is 20.8 Å². The summed E-state index contributed by atoms with van der Waals surface area (Å²) in [6.45, 7) is 8.82. The summed E-state index contributed by atoms with van der Waals surface area (Å²) < 4.78 is 4.76. The summed E-state index contributed by atoms with van der Waals surface area (Å²) >= 11 is 0. The zero-order valence-corrected chi connectivity index (χ0v) is 11.9. The Kier molecular flexibility index (Phi) is 7.78. The maximum absolute atomic E-state index is 11.7. The molecule has 0 bridgehead atoms. The van der Waals surface area contributed by atoms with Crippen LogP contribution in [-0.4, -0.2) is 53.6 Å². The molecule has 0 aromatic carbocycles. The summed E-state index contributed by atoms with van der Waals surface area (Å²) in [7, 11) is 0. The van der Waals surface area contributed by atoms with Gasteiger partial charge in [0, 0.05) is 13.0 Å². The average molecular weight is 259 g/mol. The van der Waals surface area contributed by atoms with E-state index in [0.29, 0.717) is 19.7 Å². The van der Waals surface area contributed by atoms with Crippen LogP contribution >= 0.6 is 0 Å². The number of rotatable bonds is 9. The summed E-state index contributed by atoms with van der Waals surface area (Å²) in [6.07, 6.45) is 0.327. The second-order valence-electron chi connectivity index (χ2n) is 4.96. The molecule has 0 spiro atoms. The molecule has 0 rings (SSSR count). The lowest BCUT2D eigenvalue weighted by Gasteiger charge is -2.27. The van der Waals surface area contributed by atoms with Gasteiger partial charge in [-0.2, -0.15) is 0 Å². The smallest absolute Gasteiger partial charge is 0.306 e. The SMILES string of the molecule is CCOC(=O)CCC(=O)CN(CC)CC(C)(C)O. The Morgan fingerprint density at radius 2 is 1.83 bits per heavy atom. The lowest BCUT2D eigenvalue weighted by atomic mass is 10.1. The van der Waals surface area contributed by atoms with E-state index in [-0.39, 0.29) is 31.1 Å². The fraction of sp³-hybridized carbons (Fsp3) is 0.846. The monoisotopic (exact) mass is 259 g/mol. The average Bonchev–Trinajstić information content (AvgIpc) is 2.24.